The summed E-state index contributed by atoms with van der Waals surface area (Å²) >= 11 is 0. The lowest BCUT2D eigenvalue weighted by Crippen LogP contribution is -1.77. The molecule has 0 bridgehead atoms. The Morgan fingerprint density at radius 1 is 1.19 bits per heavy atom. The second-order valence-corrected chi connectivity index (χ2v) is 3.32. The van der Waals surface area contributed by atoms with Gasteiger partial charge in [-0.3, -0.25) is 4.79 Å². The van der Waals surface area contributed by atoms with Crippen molar-refractivity contribution >= 4 is 17.4 Å². The SMILES string of the molecule is O=Cc1ccc(-c2cccc3ocnc23)o1. The third-order valence-corrected chi connectivity index (χ3v) is 2.37. The van der Waals surface area contributed by atoms with E-state index in [2.05, 4.69) is 4.98 Å². The number of furan rings is 1. The molecule has 2 aromatic heterocycles. The van der Waals surface area contributed by atoms with Crippen LogP contribution in [0.3, 0.4) is 0 Å². The molecule has 3 rings (SSSR count). The van der Waals surface area contributed by atoms with Gasteiger partial charge >= 0.3 is 0 Å². The van der Waals surface area contributed by atoms with Crippen LogP contribution < -0.4 is 0 Å². The fourth-order valence-electron chi connectivity index (χ4n) is 1.65. The van der Waals surface area contributed by atoms with Gasteiger partial charge in [-0.25, -0.2) is 4.98 Å². The van der Waals surface area contributed by atoms with Crippen molar-refractivity contribution in [1.29, 1.82) is 0 Å². The minimum Gasteiger partial charge on any atom is -0.453 e. The molecule has 0 radical (unpaired) electrons. The highest BCUT2D eigenvalue weighted by Crippen LogP contribution is 2.28. The molecule has 0 amide bonds. The number of nitrogens with zero attached hydrogens (tertiary/aromatic N) is 1. The lowest BCUT2D eigenvalue weighted by Gasteiger charge is -1.96. The summed E-state index contributed by atoms with van der Waals surface area (Å²) in [6, 6.07) is 8.92. The Morgan fingerprint density at radius 3 is 2.94 bits per heavy atom. The van der Waals surface area contributed by atoms with Gasteiger partial charge < -0.3 is 8.83 Å². The summed E-state index contributed by atoms with van der Waals surface area (Å²) < 4.78 is 10.5. The summed E-state index contributed by atoms with van der Waals surface area (Å²) in [4.78, 5) is 14.7. The van der Waals surface area contributed by atoms with E-state index in [0.29, 0.717) is 23.4 Å². The van der Waals surface area contributed by atoms with Gasteiger partial charge in [0.2, 0.25) is 0 Å². The molecule has 78 valence electrons. The van der Waals surface area contributed by atoms with Crippen molar-refractivity contribution in [3.05, 3.63) is 42.5 Å². The standard InChI is InChI=1S/C12H7NO3/c14-6-8-4-5-10(16-8)9-2-1-3-11-12(9)13-7-15-11/h1-7H. The number of hydrogen-bond acceptors (Lipinski definition) is 4. The first-order valence-electron chi connectivity index (χ1n) is 4.76. The van der Waals surface area contributed by atoms with Crippen LogP contribution in [0.25, 0.3) is 22.4 Å². The average molecular weight is 213 g/mol. The normalized spacial score (nSPS) is 10.8. The van der Waals surface area contributed by atoms with Crippen LogP contribution in [-0.2, 0) is 0 Å². The number of para-hydroxylation sites is 1. The summed E-state index contributed by atoms with van der Waals surface area (Å²) in [6.45, 7) is 0. The van der Waals surface area contributed by atoms with Crippen LogP contribution in [0, 0.1) is 0 Å². The van der Waals surface area contributed by atoms with Gasteiger partial charge in [-0.2, -0.15) is 0 Å². The Labute approximate surface area is 90.5 Å². The second kappa shape index (κ2) is 3.34. The molecule has 3 aromatic rings. The molecule has 4 nitrogen and oxygen atoms in total. The first kappa shape index (κ1) is 8.91. The monoisotopic (exact) mass is 213 g/mol. The maximum atomic E-state index is 10.5. The van der Waals surface area contributed by atoms with E-state index in [-0.39, 0.29) is 0 Å². The molecule has 16 heavy (non-hydrogen) atoms. The van der Waals surface area contributed by atoms with E-state index in [1.54, 1.807) is 12.1 Å². The number of rotatable bonds is 2. The molecule has 0 N–H and O–H groups in total. The van der Waals surface area contributed by atoms with Crippen LogP contribution >= 0.6 is 0 Å². The number of hydrogen-bond donors (Lipinski definition) is 0. The Kier molecular flexibility index (Phi) is 1.86. The fraction of sp³-hybridized carbons (Fsp3) is 0. The van der Waals surface area contributed by atoms with Crippen LogP contribution in [0.2, 0.25) is 0 Å². The highest BCUT2D eigenvalue weighted by atomic mass is 16.3. The lowest BCUT2D eigenvalue weighted by molar-refractivity contribution is 0.110. The summed E-state index contributed by atoms with van der Waals surface area (Å²) in [5, 5.41) is 0. The molecular formula is C12H7NO3. The van der Waals surface area contributed by atoms with Gasteiger partial charge in [-0.15, -0.1) is 0 Å². The van der Waals surface area contributed by atoms with Crippen molar-refractivity contribution in [3.63, 3.8) is 0 Å². The van der Waals surface area contributed by atoms with Crippen molar-refractivity contribution < 1.29 is 13.6 Å². The Hall–Kier alpha value is -2.36. The van der Waals surface area contributed by atoms with Gasteiger partial charge in [0.1, 0.15) is 11.3 Å². The van der Waals surface area contributed by atoms with Crippen LogP contribution in [0.4, 0.5) is 0 Å². The van der Waals surface area contributed by atoms with E-state index in [4.69, 9.17) is 8.83 Å². The van der Waals surface area contributed by atoms with Gasteiger partial charge in [-0.05, 0) is 24.3 Å². The Balaban J connectivity index is 2.24. The third kappa shape index (κ3) is 1.24. The number of oxazole rings is 1. The van der Waals surface area contributed by atoms with E-state index in [1.807, 2.05) is 18.2 Å². The van der Waals surface area contributed by atoms with Crippen molar-refractivity contribution in [2.24, 2.45) is 0 Å². The Morgan fingerprint density at radius 2 is 2.12 bits per heavy atom. The maximum absolute atomic E-state index is 10.5. The van der Waals surface area contributed by atoms with Gasteiger partial charge in [-0.1, -0.05) is 6.07 Å². The van der Waals surface area contributed by atoms with Crippen LogP contribution in [0.15, 0.2) is 45.6 Å². The first-order chi connectivity index (χ1) is 7.88. The van der Waals surface area contributed by atoms with Crippen LogP contribution in [0.5, 0.6) is 0 Å². The van der Waals surface area contributed by atoms with Gasteiger partial charge in [0, 0.05) is 5.56 Å². The van der Waals surface area contributed by atoms with E-state index in [0.717, 1.165) is 11.1 Å². The van der Waals surface area contributed by atoms with E-state index < -0.39 is 0 Å². The van der Waals surface area contributed by atoms with Crippen molar-refractivity contribution in [3.8, 4) is 11.3 Å². The summed E-state index contributed by atoms with van der Waals surface area (Å²) in [5.74, 6) is 0.914. The lowest BCUT2D eigenvalue weighted by atomic mass is 10.1. The molecule has 0 aliphatic rings. The smallest absolute Gasteiger partial charge is 0.185 e. The molecule has 0 atom stereocenters. The summed E-state index contributed by atoms with van der Waals surface area (Å²) in [6.07, 6.45) is 2.06. The van der Waals surface area contributed by atoms with Crippen molar-refractivity contribution in [2.45, 2.75) is 0 Å². The second-order valence-electron chi connectivity index (χ2n) is 3.32. The number of aldehydes is 1. The third-order valence-electron chi connectivity index (χ3n) is 2.37. The minimum atomic E-state index is 0.301. The zero-order valence-corrected chi connectivity index (χ0v) is 8.21. The molecule has 0 aliphatic heterocycles. The van der Waals surface area contributed by atoms with Crippen LogP contribution in [0.1, 0.15) is 10.6 Å². The predicted octanol–water partition coefficient (Wildman–Crippen LogP) is 2.90. The number of aromatic nitrogens is 1. The molecule has 2 heterocycles. The molecule has 0 spiro atoms. The molecule has 1 aromatic carbocycles. The molecule has 0 saturated carbocycles. The maximum Gasteiger partial charge on any atom is 0.185 e. The molecule has 0 unspecified atom stereocenters. The minimum absolute atomic E-state index is 0.301. The van der Waals surface area contributed by atoms with Gasteiger partial charge in [0.05, 0.1) is 0 Å². The van der Waals surface area contributed by atoms with Crippen LogP contribution in [-0.4, -0.2) is 11.3 Å². The molecule has 0 fully saturated rings. The fourth-order valence-corrected chi connectivity index (χ4v) is 1.65. The Bertz CT molecular complexity index is 651. The van der Waals surface area contributed by atoms with E-state index in [1.165, 1.54) is 6.39 Å². The van der Waals surface area contributed by atoms with Gasteiger partial charge in [0.25, 0.3) is 0 Å². The predicted molar refractivity (Wildman–Crippen MR) is 57.1 cm³/mol. The van der Waals surface area contributed by atoms with Crippen molar-refractivity contribution in [2.75, 3.05) is 0 Å². The number of carbonyl (C=O) groups excluding carboxylic acids is 1. The van der Waals surface area contributed by atoms with Gasteiger partial charge in [0.15, 0.2) is 24.0 Å². The highest BCUT2D eigenvalue weighted by molar-refractivity contribution is 5.89. The summed E-state index contributed by atoms with van der Waals surface area (Å²) in [5.41, 5.74) is 2.25. The number of fused-ring (bicyclic) bond motifs is 1. The zero-order chi connectivity index (χ0) is 11.0. The first-order valence-corrected chi connectivity index (χ1v) is 4.76. The summed E-state index contributed by atoms with van der Waals surface area (Å²) in [7, 11) is 0. The van der Waals surface area contributed by atoms with E-state index in [9.17, 15) is 4.79 Å². The van der Waals surface area contributed by atoms with E-state index >= 15 is 0 Å². The average Bonchev–Trinajstić information content (AvgIpc) is 2.97. The van der Waals surface area contributed by atoms with Crippen molar-refractivity contribution in [1.82, 2.24) is 4.98 Å². The topological polar surface area (TPSA) is 56.2 Å². The number of benzene rings is 1. The molecule has 0 saturated heterocycles. The largest absolute Gasteiger partial charge is 0.453 e. The molecule has 0 aliphatic carbocycles. The molecule has 4 heteroatoms. The quantitative estimate of drug-likeness (QED) is 0.614. The molecular weight excluding hydrogens is 206 g/mol. The number of carbonyl (C=O) groups is 1. The zero-order valence-electron chi connectivity index (χ0n) is 8.21. The highest BCUT2D eigenvalue weighted by Gasteiger charge is 2.10.